The number of benzene rings is 2. The summed E-state index contributed by atoms with van der Waals surface area (Å²) in [6, 6.07) is 15.1. The summed E-state index contributed by atoms with van der Waals surface area (Å²) in [6.07, 6.45) is 0. The summed E-state index contributed by atoms with van der Waals surface area (Å²) in [7, 11) is 1.68. The molecule has 0 aliphatic carbocycles. The Hall–Kier alpha value is -1.62. The molecule has 20 heavy (non-hydrogen) atoms. The summed E-state index contributed by atoms with van der Waals surface area (Å²) in [6.45, 7) is 0. The van der Waals surface area contributed by atoms with Gasteiger partial charge in [0.15, 0.2) is 5.36 Å². The molecule has 5 heteroatoms. The number of rotatable bonds is 0. The van der Waals surface area contributed by atoms with Crippen molar-refractivity contribution in [3.63, 3.8) is 0 Å². The molecule has 3 aromatic rings. The average molecular weight is 276 g/mol. The number of fused-ring (bicyclic) bond motifs is 3. The van der Waals surface area contributed by atoms with Crippen molar-refractivity contribution in [1.82, 2.24) is 4.57 Å². The first-order valence-corrected chi connectivity index (χ1v) is 5.93. The van der Waals surface area contributed by atoms with Crippen molar-refractivity contribution >= 4 is 51.2 Å². The molecule has 0 radical (unpaired) electrons. The van der Waals surface area contributed by atoms with Crippen molar-refractivity contribution < 1.29 is 5.21 Å². The Morgan fingerprint density at radius 2 is 1.50 bits per heavy atom. The summed E-state index contributed by atoms with van der Waals surface area (Å²) in [4.78, 5) is 12.3. The minimum absolute atomic E-state index is 0. The van der Waals surface area contributed by atoms with Crippen LogP contribution in [0.5, 0.6) is 0 Å². The van der Waals surface area contributed by atoms with Crippen LogP contribution < -0.4 is 10.9 Å². The van der Waals surface area contributed by atoms with E-state index in [1.54, 1.807) is 13.1 Å². The van der Waals surface area contributed by atoms with Crippen molar-refractivity contribution in [2.24, 2.45) is 12.2 Å². The van der Waals surface area contributed by atoms with Crippen molar-refractivity contribution in [1.29, 1.82) is 0 Å². The van der Waals surface area contributed by atoms with Gasteiger partial charge in [0.25, 0.3) is 5.56 Å². The summed E-state index contributed by atoms with van der Waals surface area (Å²) in [5.74, 6) is 0. The van der Waals surface area contributed by atoms with Crippen LogP contribution in [0.3, 0.4) is 0 Å². The van der Waals surface area contributed by atoms with Crippen LogP contribution in [0.25, 0.3) is 21.7 Å². The maximum atomic E-state index is 12.3. The van der Waals surface area contributed by atoms with E-state index >= 15 is 0 Å². The fourth-order valence-electron chi connectivity index (χ4n) is 2.40. The maximum absolute atomic E-state index is 12.3. The number of para-hydroxylation sites is 1. The van der Waals surface area contributed by atoms with Gasteiger partial charge in [-0.2, -0.15) is 0 Å². The van der Waals surface area contributed by atoms with E-state index < -0.39 is 0 Å². The van der Waals surface area contributed by atoms with Crippen LogP contribution in [0.15, 0.2) is 58.5 Å². The second-order valence-corrected chi connectivity index (χ2v) is 4.38. The summed E-state index contributed by atoms with van der Waals surface area (Å²) in [5.41, 5.74) is 0.485. The molecular formula is C15H13N2NaO2. The molecule has 0 saturated carbocycles. The van der Waals surface area contributed by atoms with Gasteiger partial charge in [0.2, 0.25) is 0 Å². The first-order chi connectivity index (χ1) is 9.24. The zero-order valence-electron chi connectivity index (χ0n) is 10.4. The molecule has 0 bridgehead atoms. The van der Waals surface area contributed by atoms with Gasteiger partial charge in [-0.25, -0.2) is 0 Å². The molecule has 0 fully saturated rings. The molecular weight excluding hydrogens is 263 g/mol. The molecule has 1 N–H and O–H groups in total. The van der Waals surface area contributed by atoms with Crippen LogP contribution >= 0.6 is 0 Å². The van der Waals surface area contributed by atoms with Gasteiger partial charge in [-0.05, 0) is 11.5 Å². The van der Waals surface area contributed by atoms with Gasteiger partial charge in [-0.15, -0.1) is 0 Å². The molecule has 0 atom stereocenters. The van der Waals surface area contributed by atoms with E-state index in [1.165, 1.54) is 4.57 Å². The van der Waals surface area contributed by atoms with Crippen LogP contribution in [-0.4, -0.2) is 39.3 Å². The normalized spacial score (nSPS) is 11.6. The zero-order chi connectivity index (χ0) is 13.4. The molecule has 0 saturated heterocycles. The zero-order valence-corrected chi connectivity index (χ0v) is 10.4. The number of hydrogen-bond donors (Lipinski definition) is 1. The Kier molecular flexibility index (Phi) is 4.28. The van der Waals surface area contributed by atoms with E-state index in [-0.39, 0.29) is 40.5 Å². The second-order valence-electron chi connectivity index (χ2n) is 4.38. The van der Waals surface area contributed by atoms with Crippen molar-refractivity contribution in [2.45, 2.75) is 0 Å². The number of aromatic nitrogens is 1. The molecule has 0 unspecified atom stereocenters. The Labute approximate surface area is 137 Å². The quantitative estimate of drug-likeness (QED) is 0.382. The van der Waals surface area contributed by atoms with Gasteiger partial charge in [-0.3, -0.25) is 4.79 Å². The first kappa shape index (κ1) is 14.8. The molecule has 0 spiro atoms. The molecule has 3 rings (SSSR count). The van der Waals surface area contributed by atoms with Crippen LogP contribution in [0.1, 0.15) is 0 Å². The van der Waals surface area contributed by atoms with Gasteiger partial charge in [0.1, 0.15) is 0 Å². The van der Waals surface area contributed by atoms with Gasteiger partial charge in [0.05, 0.1) is 5.52 Å². The van der Waals surface area contributed by atoms with Crippen molar-refractivity contribution in [3.05, 3.63) is 64.2 Å². The topological polar surface area (TPSA) is 54.6 Å². The van der Waals surface area contributed by atoms with Gasteiger partial charge < -0.3 is 9.77 Å². The second kappa shape index (κ2) is 5.79. The average Bonchev–Trinajstić information content (AvgIpc) is 2.55. The fraction of sp³-hybridized carbons (Fsp3) is 0.0667. The number of aryl methyl sites for hydroxylation is 1. The molecule has 1 heterocycles. The molecule has 96 valence electrons. The predicted molar refractivity (Wildman–Crippen MR) is 81.2 cm³/mol. The van der Waals surface area contributed by atoms with Gasteiger partial charge >= 0.3 is 29.6 Å². The Balaban J connectivity index is 0.00000147. The standard InChI is InChI=1S/C15H12N2O2.Na.H/c1-17-13-9-5-4-7-11(13)10-6-2-3-8-12(10)14(16-19)15(17)18;;/h2-9,19H,1H3;;. The molecule has 4 nitrogen and oxygen atoms in total. The van der Waals surface area contributed by atoms with Crippen molar-refractivity contribution in [3.8, 4) is 0 Å². The van der Waals surface area contributed by atoms with Crippen LogP contribution in [-0.2, 0) is 7.05 Å². The Bertz CT molecular complexity index is 917. The molecule has 2 aromatic carbocycles. The first-order valence-electron chi connectivity index (χ1n) is 5.93. The molecule has 0 amide bonds. The van der Waals surface area contributed by atoms with Gasteiger partial charge in [0, 0.05) is 17.8 Å². The third-order valence-corrected chi connectivity index (χ3v) is 3.34. The summed E-state index contributed by atoms with van der Waals surface area (Å²) >= 11 is 0. The van der Waals surface area contributed by atoms with E-state index in [4.69, 9.17) is 0 Å². The number of hydrogen-bond acceptors (Lipinski definition) is 3. The van der Waals surface area contributed by atoms with E-state index in [1.807, 2.05) is 42.5 Å². The molecule has 0 aliphatic rings. The predicted octanol–water partition coefficient (Wildman–Crippen LogP) is 1.33. The van der Waals surface area contributed by atoms with E-state index in [0.29, 0.717) is 5.39 Å². The van der Waals surface area contributed by atoms with Crippen LogP contribution in [0, 0.1) is 0 Å². The summed E-state index contributed by atoms with van der Waals surface area (Å²) < 4.78 is 1.50. The van der Waals surface area contributed by atoms with Crippen LogP contribution in [0.4, 0.5) is 0 Å². The third-order valence-electron chi connectivity index (χ3n) is 3.34. The van der Waals surface area contributed by atoms with Gasteiger partial charge in [-0.1, -0.05) is 47.6 Å². The summed E-state index contributed by atoms with van der Waals surface area (Å²) in [5, 5.41) is 14.9. The Morgan fingerprint density at radius 3 is 2.15 bits per heavy atom. The van der Waals surface area contributed by atoms with E-state index in [9.17, 15) is 10.0 Å². The minimum atomic E-state index is -0.320. The monoisotopic (exact) mass is 276 g/mol. The number of nitrogens with zero attached hydrogens (tertiary/aromatic N) is 2. The molecule has 1 aromatic heterocycles. The van der Waals surface area contributed by atoms with Crippen molar-refractivity contribution in [2.75, 3.05) is 0 Å². The molecule has 0 aliphatic heterocycles. The Morgan fingerprint density at radius 1 is 0.950 bits per heavy atom. The third kappa shape index (κ3) is 2.16. The van der Waals surface area contributed by atoms with E-state index in [0.717, 1.165) is 16.3 Å². The fourth-order valence-corrected chi connectivity index (χ4v) is 2.40. The SMILES string of the molecule is Cn1c(=O)c(=NO)c2ccccc2c2ccccc21.[NaH]. The van der Waals surface area contributed by atoms with Crippen LogP contribution in [0.2, 0.25) is 0 Å². The van der Waals surface area contributed by atoms with E-state index in [2.05, 4.69) is 5.16 Å².